The molecule has 5 rings (SSSR count). The smallest absolute Gasteiger partial charge is 0.435 e. The number of phenolic OH excluding ortho intramolecular Hbond substituents is 1. The number of alkyl halides is 3. The molecule has 0 spiro atoms. The van der Waals surface area contributed by atoms with Gasteiger partial charge in [0, 0.05) is 50.7 Å². The summed E-state index contributed by atoms with van der Waals surface area (Å²) in [5.74, 6) is -0.550. The summed E-state index contributed by atoms with van der Waals surface area (Å²) in [4.78, 5) is 10.3. The van der Waals surface area contributed by atoms with Crippen LogP contribution in [0.4, 0.5) is 17.6 Å². The van der Waals surface area contributed by atoms with E-state index in [1.165, 1.54) is 18.2 Å². The zero-order valence-corrected chi connectivity index (χ0v) is 17.5. The Kier molecular flexibility index (Phi) is 5.41. The predicted molar refractivity (Wildman–Crippen MR) is 116 cm³/mol. The standard InChI is InChI=1S/C23H21F4N5O/c24-14-5-6-15-17(13-14)29-21(23(25,26)27)19-20(15)32(12-11-31-9-7-28-8-10-31)22(30-19)16-3-1-2-4-18(16)33/h1-6,13,28,33H,7-12H2. The number of hydrogen-bond donors (Lipinski definition) is 2. The van der Waals surface area contributed by atoms with Crippen LogP contribution in [0.3, 0.4) is 0 Å². The van der Waals surface area contributed by atoms with E-state index >= 15 is 0 Å². The van der Waals surface area contributed by atoms with Crippen molar-refractivity contribution in [3.63, 3.8) is 0 Å². The van der Waals surface area contributed by atoms with Crippen LogP contribution in [0.5, 0.6) is 5.75 Å². The minimum absolute atomic E-state index is 0.0897. The number of aromatic hydroxyl groups is 1. The maximum atomic E-state index is 14.0. The lowest BCUT2D eigenvalue weighted by molar-refractivity contribution is -0.139. The highest BCUT2D eigenvalue weighted by Gasteiger charge is 2.38. The average molecular weight is 459 g/mol. The van der Waals surface area contributed by atoms with Crippen LogP contribution < -0.4 is 5.32 Å². The van der Waals surface area contributed by atoms with Crippen LogP contribution in [-0.4, -0.2) is 57.3 Å². The Morgan fingerprint density at radius 2 is 1.76 bits per heavy atom. The lowest BCUT2D eigenvalue weighted by Crippen LogP contribution is -2.44. The summed E-state index contributed by atoms with van der Waals surface area (Å²) in [6.45, 7) is 4.23. The van der Waals surface area contributed by atoms with Gasteiger partial charge in [0.05, 0.1) is 16.6 Å². The van der Waals surface area contributed by atoms with Crippen molar-refractivity contribution >= 4 is 21.9 Å². The molecule has 2 N–H and O–H groups in total. The van der Waals surface area contributed by atoms with Crippen molar-refractivity contribution in [2.75, 3.05) is 32.7 Å². The fourth-order valence-electron chi connectivity index (χ4n) is 4.32. The Morgan fingerprint density at radius 1 is 1.00 bits per heavy atom. The first-order valence-electron chi connectivity index (χ1n) is 10.6. The minimum atomic E-state index is -4.79. The van der Waals surface area contributed by atoms with Gasteiger partial charge in [-0.2, -0.15) is 13.2 Å². The summed E-state index contributed by atoms with van der Waals surface area (Å²) in [6, 6.07) is 10.0. The molecule has 172 valence electrons. The molecule has 1 aliphatic heterocycles. The summed E-state index contributed by atoms with van der Waals surface area (Å²) in [6.07, 6.45) is -4.79. The second-order valence-corrected chi connectivity index (χ2v) is 8.01. The molecule has 0 amide bonds. The first-order chi connectivity index (χ1) is 15.8. The van der Waals surface area contributed by atoms with Crippen LogP contribution in [0.25, 0.3) is 33.3 Å². The summed E-state index contributed by atoms with van der Waals surface area (Å²) >= 11 is 0. The number of pyridine rings is 1. The van der Waals surface area contributed by atoms with Gasteiger partial charge in [-0.05, 0) is 24.3 Å². The van der Waals surface area contributed by atoms with Crippen LogP contribution in [-0.2, 0) is 12.7 Å². The zero-order valence-electron chi connectivity index (χ0n) is 17.5. The third-order valence-electron chi connectivity index (χ3n) is 5.90. The molecule has 0 bridgehead atoms. The van der Waals surface area contributed by atoms with E-state index in [1.807, 2.05) is 0 Å². The van der Waals surface area contributed by atoms with Crippen molar-refractivity contribution in [2.24, 2.45) is 0 Å². The van der Waals surface area contributed by atoms with Crippen molar-refractivity contribution in [1.29, 1.82) is 0 Å². The number of imidazole rings is 1. The van der Waals surface area contributed by atoms with Gasteiger partial charge >= 0.3 is 6.18 Å². The van der Waals surface area contributed by atoms with Gasteiger partial charge in [0.1, 0.15) is 22.9 Å². The SMILES string of the molecule is Oc1ccccc1-c1nc2c(C(F)(F)F)nc3cc(F)ccc3c2n1CCN1CCNCC1. The van der Waals surface area contributed by atoms with Crippen LogP contribution >= 0.6 is 0 Å². The molecule has 6 nitrogen and oxygen atoms in total. The number of phenols is 1. The largest absolute Gasteiger partial charge is 0.507 e. The van der Waals surface area contributed by atoms with Crippen LogP contribution in [0.2, 0.25) is 0 Å². The number of aromatic nitrogens is 3. The molecule has 2 aromatic heterocycles. The third kappa shape index (κ3) is 4.00. The molecule has 4 aromatic rings. The Balaban J connectivity index is 1.79. The van der Waals surface area contributed by atoms with Gasteiger partial charge in [-0.3, -0.25) is 4.90 Å². The number of benzene rings is 2. The quantitative estimate of drug-likeness (QED) is 0.452. The first-order valence-corrected chi connectivity index (χ1v) is 10.6. The fraction of sp³-hybridized carbons (Fsp3) is 0.304. The molecule has 2 aromatic carbocycles. The molecule has 0 saturated carbocycles. The first kappa shape index (κ1) is 21.6. The molecule has 3 heterocycles. The summed E-state index contributed by atoms with van der Waals surface area (Å²) in [5.41, 5.74) is -1.05. The number of nitrogens with zero attached hydrogens (tertiary/aromatic N) is 4. The van der Waals surface area contributed by atoms with E-state index in [1.54, 1.807) is 22.8 Å². The van der Waals surface area contributed by atoms with Crippen LogP contribution in [0, 0.1) is 5.82 Å². The van der Waals surface area contributed by atoms with Crippen molar-refractivity contribution < 1.29 is 22.7 Å². The topological polar surface area (TPSA) is 66.2 Å². The number of fused-ring (bicyclic) bond motifs is 3. The van der Waals surface area contributed by atoms with E-state index in [0.29, 0.717) is 24.0 Å². The molecule has 0 unspecified atom stereocenters. The highest BCUT2D eigenvalue weighted by Crippen LogP contribution is 2.39. The molecule has 0 aliphatic carbocycles. The van der Waals surface area contributed by atoms with Crippen LogP contribution in [0.15, 0.2) is 42.5 Å². The number of hydrogen-bond acceptors (Lipinski definition) is 5. The molecule has 0 atom stereocenters. The summed E-state index contributed by atoms with van der Waals surface area (Å²) in [5, 5.41) is 14.1. The molecule has 1 aliphatic rings. The maximum Gasteiger partial charge on any atom is 0.435 e. The monoisotopic (exact) mass is 459 g/mol. The zero-order chi connectivity index (χ0) is 23.2. The van der Waals surface area contributed by atoms with Gasteiger partial charge in [0.25, 0.3) is 0 Å². The summed E-state index contributed by atoms with van der Waals surface area (Å²) < 4.78 is 57.5. The van der Waals surface area contributed by atoms with Gasteiger partial charge in [0.2, 0.25) is 0 Å². The molecular weight excluding hydrogens is 438 g/mol. The molecule has 10 heteroatoms. The van der Waals surface area contributed by atoms with E-state index < -0.39 is 17.7 Å². The average Bonchev–Trinajstić information content (AvgIpc) is 3.16. The van der Waals surface area contributed by atoms with E-state index in [-0.39, 0.29) is 28.1 Å². The highest BCUT2D eigenvalue weighted by atomic mass is 19.4. The molecular formula is C23H21F4N5O. The van der Waals surface area contributed by atoms with Crippen molar-refractivity contribution in [3.8, 4) is 17.1 Å². The Morgan fingerprint density at radius 3 is 2.48 bits per heavy atom. The number of rotatable bonds is 4. The normalized spacial score (nSPS) is 15.5. The number of nitrogens with one attached hydrogen (secondary N) is 1. The lowest BCUT2D eigenvalue weighted by Gasteiger charge is -2.27. The molecule has 1 fully saturated rings. The van der Waals surface area contributed by atoms with Gasteiger partial charge < -0.3 is 15.0 Å². The van der Waals surface area contributed by atoms with E-state index in [9.17, 15) is 22.7 Å². The Hall–Kier alpha value is -3.24. The summed E-state index contributed by atoms with van der Waals surface area (Å²) in [7, 11) is 0. The molecule has 0 radical (unpaired) electrons. The number of halogens is 4. The van der Waals surface area contributed by atoms with E-state index in [4.69, 9.17) is 0 Å². The number of piperazine rings is 1. The van der Waals surface area contributed by atoms with E-state index in [0.717, 1.165) is 32.2 Å². The van der Waals surface area contributed by atoms with Crippen molar-refractivity contribution in [2.45, 2.75) is 12.7 Å². The van der Waals surface area contributed by atoms with Crippen molar-refractivity contribution in [3.05, 3.63) is 54.0 Å². The minimum Gasteiger partial charge on any atom is -0.507 e. The van der Waals surface area contributed by atoms with Crippen LogP contribution in [0.1, 0.15) is 5.69 Å². The van der Waals surface area contributed by atoms with Gasteiger partial charge in [-0.15, -0.1) is 0 Å². The molecule has 1 saturated heterocycles. The third-order valence-corrected chi connectivity index (χ3v) is 5.90. The Labute approximate surface area is 186 Å². The second kappa shape index (κ2) is 8.27. The van der Waals surface area contributed by atoms with Gasteiger partial charge in [-0.1, -0.05) is 12.1 Å². The number of para-hydroxylation sites is 1. The maximum absolute atomic E-state index is 14.0. The lowest BCUT2D eigenvalue weighted by atomic mass is 10.1. The fourth-order valence-corrected chi connectivity index (χ4v) is 4.32. The predicted octanol–water partition coefficient (Wildman–Crippen LogP) is 4.02. The van der Waals surface area contributed by atoms with Gasteiger partial charge in [-0.25, -0.2) is 14.4 Å². The molecule has 33 heavy (non-hydrogen) atoms. The second-order valence-electron chi connectivity index (χ2n) is 8.01. The Bertz CT molecular complexity index is 1330. The van der Waals surface area contributed by atoms with E-state index in [2.05, 4.69) is 20.2 Å². The van der Waals surface area contributed by atoms with Crippen molar-refractivity contribution in [1.82, 2.24) is 24.8 Å². The van der Waals surface area contributed by atoms with Gasteiger partial charge in [0.15, 0.2) is 5.69 Å². The highest BCUT2D eigenvalue weighted by molar-refractivity contribution is 6.05.